The smallest absolute Gasteiger partial charge is 0.0602 e. The van der Waals surface area contributed by atoms with Crippen molar-refractivity contribution < 1.29 is 5.11 Å². The van der Waals surface area contributed by atoms with E-state index in [4.69, 9.17) is 5.11 Å². The van der Waals surface area contributed by atoms with Crippen LogP contribution in [0.15, 0.2) is 0 Å². The predicted molar refractivity (Wildman–Crippen MR) is 40.7 cm³/mol. The van der Waals surface area contributed by atoms with Crippen LogP contribution in [0, 0.1) is 0 Å². The van der Waals surface area contributed by atoms with Crippen molar-refractivity contribution in [2.45, 2.75) is 11.9 Å². The van der Waals surface area contributed by atoms with Crippen LogP contribution in [-0.4, -0.2) is 23.2 Å². The van der Waals surface area contributed by atoms with Crippen LogP contribution in [0.5, 0.6) is 0 Å². The molecule has 0 radical (unpaired) electrons. The third-order valence-corrected chi connectivity index (χ3v) is 0.861. The molecule has 0 saturated carbocycles. The van der Waals surface area contributed by atoms with Gasteiger partial charge in [-0.15, -0.1) is 12.4 Å². The molecule has 0 aliphatic carbocycles. The molecule has 0 bridgehead atoms. The Bertz CT molecular complexity index is 45.0. The number of aliphatic hydroxyl groups is 1. The molecule has 8 heavy (non-hydrogen) atoms. The summed E-state index contributed by atoms with van der Waals surface area (Å²) < 4.78 is 0. The van der Waals surface area contributed by atoms with Crippen LogP contribution in [0.3, 0.4) is 0 Å². The first-order valence-corrected chi connectivity index (χ1v) is 3.17. The van der Waals surface area contributed by atoms with Gasteiger partial charge in [0.2, 0.25) is 0 Å². The van der Waals surface area contributed by atoms with E-state index < -0.39 is 0 Å². The van der Waals surface area contributed by atoms with Gasteiger partial charge in [-0.2, -0.15) is 0 Å². The second-order valence-corrected chi connectivity index (χ2v) is 2.67. The number of nitrogens with one attached hydrogen (secondary N) is 1. The minimum absolute atomic E-state index is 0. The summed E-state index contributed by atoms with van der Waals surface area (Å²) in [7, 11) is 0. The summed E-state index contributed by atoms with van der Waals surface area (Å²) in [5.41, 5.74) is 0. The highest BCUT2D eigenvalue weighted by Gasteiger charge is 1.88. The van der Waals surface area contributed by atoms with E-state index >= 15 is 0 Å². The third-order valence-electron chi connectivity index (χ3n) is 0.537. The van der Waals surface area contributed by atoms with Crippen molar-refractivity contribution in [3.63, 3.8) is 0 Å². The third kappa shape index (κ3) is 9.85. The zero-order valence-electron chi connectivity index (χ0n) is 4.72. The average Bonchev–Trinajstić information content (AvgIpc) is 1.61. The molecule has 1 atom stereocenters. The molecule has 0 aliphatic rings. The lowest BCUT2D eigenvalue weighted by Crippen LogP contribution is -2.23. The monoisotopic (exact) mass is 203 g/mol. The van der Waals surface area contributed by atoms with E-state index in [0.717, 1.165) is 0 Å². The maximum Gasteiger partial charge on any atom is 0.0602 e. The van der Waals surface area contributed by atoms with Gasteiger partial charge in [-0.05, 0) is 6.92 Å². The molecule has 4 heteroatoms. The van der Waals surface area contributed by atoms with Crippen molar-refractivity contribution in [1.82, 2.24) is 5.32 Å². The van der Waals surface area contributed by atoms with Gasteiger partial charge in [0, 0.05) is 6.54 Å². The topological polar surface area (TPSA) is 32.3 Å². The second-order valence-electron chi connectivity index (χ2n) is 1.29. The number of halogens is 2. The van der Waals surface area contributed by atoms with Crippen molar-refractivity contribution in [2.24, 2.45) is 0 Å². The van der Waals surface area contributed by atoms with Crippen LogP contribution in [0.2, 0.25) is 0 Å². The van der Waals surface area contributed by atoms with Gasteiger partial charge < -0.3 is 10.4 Å². The number of hydrogen-bond acceptors (Lipinski definition) is 2. The normalized spacial score (nSPS) is 12.4. The summed E-state index contributed by atoms with van der Waals surface area (Å²) in [4.78, 5) is 0.305. The molecule has 0 aromatic rings. The van der Waals surface area contributed by atoms with Gasteiger partial charge in [0.15, 0.2) is 0 Å². The van der Waals surface area contributed by atoms with E-state index in [2.05, 4.69) is 21.2 Å². The number of rotatable bonds is 3. The molecule has 52 valence electrons. The van der Waals surface area contributed by atoms with Gasteiger partial charge in [0.05, 0.1) is 11.6 Å². The van der Waals surface area contributed by atoms with Crippen LogP contribution < -0.4 is 5.32 Å². The molecule has 0 saturated heterocycles. The molecular weight excluding hydrogens is 193 g/mol. The molecule has 0 spiro atoms. The van der Waals surface area contributed by atoms with Crippen LogP contribution >= 0.6 is 28.3 Å². The Labute approximate surface area is 64.2 Å². The molecule has 0 heterocycles. The summed E-state index contributed by atoms with van der Waals surface area (Å²) in [6, 6.07) is 0. The Morgan fingerprint density at radius 2 is 2.25 bits per heavy atom. The van der Waals surface area contributed by atoms with Crippen molar-refractivity contribution >= 4 is 28.3 Å². The van der Waals surface area contributed by atoms with Crippen molar-refractivity contribution in [3.05, 3.63) is 0 Å². The minimum Gasteiger partial charge on any atom is -0.395 e. The summed E-state index contributed by atoms with van der Waals surface area (Å²) in [6.45, 7) is 2.83. The van der Waals surface area contributed by atoms with Crippen LogP contribution in [0.25, 0.3) is 0 Å². The largest absolute Gasteiger partial charge is 0.395 e. The van der Waals surface area contributed by atoms with Crippen molar-refractivity contribution in [3.8, 4) is 0 Å². The molecule has 0 amide bonds. The number of alkyl halides is 1. The van der Waals surface area contributed by atoms with Gasteiger partial charge in [0.25, 0.3) is 0 Å². The molecule has 0 aliphatic heterocycles. The Morgan fingerprint density at radius 3 is 2.38 bits per heavy atom. The van der Waals surface area contributed by atoms with Gasteiger partial charge in [-0.3, -0.25) is 0 Å². The first-order chi connectivity index (χ1) is 3.27. The van der Waals surface area contributed by atoms with E-state index in [1.54, 1.807) is 0 Å². The van der Waals surface area contributed by atoms with E-state index in [1.807, 2.05) is 6.92 Å². The summed E-state index contributed by atoms with van der Waals surface area (Å²) in [5.74, 6) is 0. The highest BCUT2D eigenvalue weighted by molar-refractivity contribution is 9.09. The van der Waals surface area contributed by atoms with Crippen LogP contribution in [0.4, 0.5) is 0 Å². The number of hydrogen-bond donors (Lipinski definition) is 2. The molecule has 2 N–H and O–H groups in total. The molecule has 0 fully saturated rings. The Balaban J connectivity index is 0. The highest BCUT2D eigenvalue weighted by atomic mass is 79.9. The highest BCUT2D eigenvalue weighted by Crippen LogP contribution is 1.88. The Hall–Kier alpha value is 0.690. The Kier molecular flexibility index (Phi) is 11.0. The predicted octanol–water partition coefficient (Wildman–Crippen LogP) is 0.731. The fraction of sp³-hybridized carbons (Fsp3) is 1.00. The van der Waals surface area contributed by atoms with Crippen LogP contribution in [-0.2, 0) is 0 Å². The first kappa shape index (κ1) is 11.5. The lowest BCUT2D eigenvalue weighted by Gasteiger charge is -2.01. The molecule has 0 aromatic heterocycles. The van der Waals surface area contributed by atoms with E-state index in [-0.39, 0.29) is 19.0 Å². The zero-order valence-corrected chi connectivity index (χ0v) is 7.13. The molecule has 2 nitrogen and oxygen atoms in total. The van der Waals surface area contributed by atoms with Crippen molar-refractivity contribution in [1.29, 1.82) is 0 Å². The first-order valence-electron chi connectivity index (χ1n) is 2.25. The maximum absolute atomic E-state index is 8.23. The number of aliphatic hydroxyl groups excluding tert-OH is 1. The average molecular weight is 204 g/mol. The fourth-order valence-electron chi connectivity index (χ4n) is 0.263. The van der Waals surface area contributed by atoms with Crippen LogP contribution in [0.1, 0.15) is 6.92 Å². The van der Waals surface area contributed by atoms with E-state index in [1.165, 1.54) is 0 Å². The summed E-state index contributed by atoms with van der Waals surface area (Å²) in [5, 5.41) is 11.2. The standard InChI is InChI=1S/C4H10BrNO.ClH/c1-4(5)6-2-3-7;/h4,6-7H,2-3H2,1H3;1H. The lowest BCUT2D eigenvalue weighted by molar-refractivity contribution is 0.292. The van der Waals surface area contributed by atoms with Gasteiger partial charge in [0.1, 0.15) is 0 Å². The fourth-order valence-corrected chi connectivity index (χ4v) is 0.492. The van der Waals surface area contributed by atoms with Crippen molar-refractivity contribution in [2.75, 3.05) is 13.2 Å². The second kappa shape index (κ2) is 7.69. The zero-order chi connectivity index (χ0) is 5.70. The summed E-state index contributed by atoms with van der Waals surface area (Å²) >= 11 is 3.25. The molecule has 0 aromatic carbocycles. The maximum atomic E-state index is 8.23. The van der Waals surface area contributed by atoms with Gasteiger partial charge >= 0.3 is 0 Å². The minimum atomic E-state index is 0. The molecule has 0 rings (SSSR count). The molecule has 1 unspecified atom stereocenters. The van der Waals surface area contributed by atoms with E-state index in [0.29, 0.717) is 11.5 Å². The Morgan fingerprint density at radius 1 is 1.75 bits per heavy atom. The molecular formula is C4H11BrClNO. The lowest BCUT2D eigenvalue weighted by atomic mass is 10.6. The summed E-state index contributed by atoms with van der Waals surface area (Å²) in [6.07, 6.45) is 0. The van der Waals surface area contributed by atoms with E-state index in [9.17, 15) is 0 Å². The quantitative estimate of drug-likeness (QED) is 0.525. The van der Waals surface area contributed by atoms with Gasteiger partial charge in [-0.1, -0.05) is 15.9 Å². The van der Waals surface area contributed by atoms with Gasteiger partial charge in [-0.25, -0.2) is 0 Å². The SMILES string of the molecule is CC(Br)NCCO.Cl.